The molecule has 1 heterocycles. The molecule has 0 aromatic heterocycles. The second-order valence-corrected chi connectivity index (χ2v) is 6.50. The molecule has 2 N–H and O–H groups in total. The van der Waals surface area contributed by atoms with Crippen LogP contribution in [0.4, 0.5) is 0 Å². The minimum atomic E-state index is -0.914. The Bertz CT molecular complexity index is 564. The number of benzene rings is 1. The number of aliphatic carboxylic acids is 1. The first-order valence-electron chi connectivity index (χ1n) is 7.46. The fourth-order valence-corrected chi connectivity index (χ4v) is 3.54. The van der Waals surface area contributed by atoms with E-state index < -0.39 is 5.97 Å². The number of rotatable bonds is 6. The van der Waals surface area contributed by atoms with Gasteiger partial charge in [0, 0.05) is 18.1 Å². The van der Waals surface area contributed by atoms with Gasteiger partial charge < -0.3 is 15.3 Å². The summed E-state index contributed by atoms with van der Waals surface area (Å²) in [6, 6.07) is 9.00. The Morgan fingerprint density at radius 1 is 1.26 bits per heavy atom. The first kappa shape index (κ1) is 17.3. The molecule has 0 spiro atoms. The van der Waals surface area contributed by atoms with E-state index in [1.54, 1.807) is 16.7 Å². The van der Waals surface area contributed by atoms with Crippen LogP contribution in [-0.2, 0) is 20.8 Å². The third kappa shape index (κ3) is 5.59. The fraction of sp³-hybridized carbons (Fsp3) is 0.438. The maximum absolute atomic E-state index is 12.3. The number of nitrogens with one attached hydrogen (secondary N) is 1. The normalized spacial score (nSPS) is 17.6. The second-order valence-electron chi connectivity index (χ2n) is 5.35. The lowest BCUT2D eigenvalue weighted by atomic mass is 10.1. The molecule has 1 unspecified atom stereocenters. The molecule has 1 atom stereocenters. The molecule has 1 aliphatic heterocycles. The number of thioether (sulfide) groups is 1. The van der Waals surface area contributed by atoms with Crippen LogP contribution < -0.4 is 5.32 Å². The number of amides is 2. The van der Waals surface area contributed by atoms with Crippen LogP contribution in [0.1, 0.15) is 12.0 Å². The lowest BCUT2D eigenvalue weighted by molar-refractivity contribution is -0.140. The van der Waals surface area contributed by atoms with Gasteiger partial charge in [-0.15, -0.1) is 0 Å². The predicted octanol–water partition coefficient (Wildman–Crippen LogP) is 0.764. The summed E-state index contributed by atoms with van der Waals surface area (Å²) in [7, 11) is 0. The Morgan fingerprint density at radius 3 is 2.70 bits per heavy atom. The van der Waals surface area contributed by atoms with Crippen molar-refractivity contribution in [3.63, 3.8) is 0 Å². The molecule has 2 rings (SSSR count). The molecule has 1 aromatic rings. The second kappa shape index (κ2) is 8.57. The van der Waals surface area contributed by atoms with Crippen LogP contribution in [0.3, 0.4) is 0 Å². The number of carboxylic acids is 1. The summed E-state index contributed by atoms with van der Waals surface area (Å²) in [5.74, 6) is 0.0580. The van der Waals surface area contributed by atoms with E-state index in [2.05, 4.69) is 5.32 Å². The molecule has 0 aliphatic carbocycles. The van der Waals surface area contributed by atoms with Crippen molar-refractivity contribution in [1.82, 2.24) is 10.2 Å². The average Bonchev–Trinajstić information content (AvgIpc) is 2.53. The minimum absolute atomic E-state index is 0.0588. The Balaban J connectivity index is 1.82. The molecule has 7 heteroatoms. The van der Waals surface area contributed by atoms with Crippen LogP contribution in [-0.4, -0.2) is 58.4 Å². The number of carboxylic acid groups (broad SMARTS) is 1. The third-order valence-corrected chi connectivity index (χ3v) is 4.69. The fourth-order valence-electron chi connectivity index (χ4n) is 2.47. The molecule has 6 nitrogen and oxygen atoms in total. The molecule has 0 saturated carbocycles. The molecule has 1 aromatic carbocycles. The smallest absolute Gasteiger partial charge is 0.305 e. The Labute approximate surface area is 139 Å². The van der Waals surface area contributed by atoms with E-state index in [0.29, 0.717) is 12.3 Å². The van der Waals surface area contributed by atoms with Gasteiger partial charge in [-0.1, -0.05) is 30.3 Å². The highest BCUT2D eigenvalue weighted by molar-refractivity contribution is 7.99. The summed E-state index contributed by atoms with van der Waals surface area (Å²) in [4.78, 5) is 36.6. The standard InChI is InChI=1S/C16H20N2O4S/c19-14(8-12-4-2-1-3-5-12)17-10-15(20)18-6-7-23-11-13(18)9-16(21)22/h1-5,13H,6-11H2,(H,17,19)(H,21,22). The highest BCUT2D eigenvalue weighted by Gasteiger charge is 2.28. The summed E-state index contributed by atoms with van der Waals surface area (Å²) < 4.78 is 0. The van der Waals surface area contributed by atoms with E-state index in [4.69, 9.17) is 5.11 Å². The number of hydrogen-bond donors (Lipinski definition) is 2. The van der Waals surface area contributed by atoms with Crippen molar-refractivity contribution in [1.29, 1.82) is 0 Å². The molecule has 1 saturated heterocycles. The van der Waals surface area contributed by atoms with Crippen LogP contribution in [0.15, 0.2) is 30.3 Å². The minimum Gasteiger partial charge on any atom is -0.481 e. The molecule has 1 aliphatic rings. The van der Waals surface area contributed by atoms with E-state index in [0.717, 1.165) is 11.3 Å². The van der Waals surface area contributed by atoms with E-state index in [1.807, 2.05) is 30.3 Å². The van der Waals surface area contributed by atoms with Gasteiger partial charge in [0.1, 0.15) is 0 Å². The highest BCUT2D eigenvalue weighted by atomic mass is 32.2. The van der Waals surface area contributed by atoms with Gasteiger partial charge in [-0.3, -0.25) is 14.4 Å². The van der Waals surface area contributed by atoms with E-state index >= 15 is 0 Å². The van der Waals surface area contributed by atoms with Gasteiger partial charge in [0.05, 0.1) is 25.4 Å². The van der Waals surface area contributed by atoms with E-state index in [9.17, 15) is 14.4 Å². The molecule has 1 fully saturated rings. The monoisotopic (exact) mass is 336 g/mol. The molecule has 0 radical (unpaired) electrons. The van der Waals surface area contributed by atoms with Crippen LogP contribution in [0.2, 0.25) is 0 Å². The lowest BCUT2D eigenvalue weighted by Crippen LogP contribution is -2.50. The summed E-state index contributed by atoms with van der Waals surface area (Å²) >= 11 is 1.65. The molecule has 0 bridgehead atoms. The summed E-state index contributed by atoms with van der Waals surface area (Å²) in [5.41, 5.74) is 0.885. The Hall–Kier alpha value is -2.02. The zero-order valence-electron chi connectivity index (χ0n) is 12.7. The maximum Gasteiger partial charge on any atom is 0.305 e. The van der Waals surface area contributed by atoms with Crippen molar-refractivity contribution in [3.8, 4) is 0 Å². The summed E-state index contributed by atoms with van der Waals surface area (Å²) in [5, 5.41) is 11.5. The summed E-state index contributed by atoms with van der Waals surface area (Å²) in [6.45, 7) is 0.433. The topological polar surface area (TPSA) is 86.7 Å². The van der Waals surface area contributed by atoms with E-state index in [1.165, 1.54) is 0 Å². The van der Waals surface area contributed by atoms with Crippen molar-refractivity contribution in [3.05, 3.63) is 35.9 Å². The van der Waals surface area contributed by atoms with Gasteiger partial charge in [-0.05, 0) is 5.56 Å². The number of nitrogens with zero attached hydrogens (tertiary/aromatic N) is 1. The lowest BCUT2D eigenvalue weighted by Gasteiger charge is -2.34. The highest BCUT2D eigenvalue weighted by Crippen LogP contribution is 2.19. The molecular formula is C16H20N2O4S. The summed E-state index contributed by atoms with van der Waals surface area (Å²) in [6.07, 6.45) is 0.166. The van der Waals surface area contributed by atoms with Crippen LogP contribution in [0.25, 0.3) is 0 Å². The van der Waals surface area contributed by atoms with Gasteiger partial charge in [0.25, 0.3) is 0 Å². The van der Waals surface area contributed by atoms with Gasteiger partial charge in [-0.25, -0.2) is 0 Å². The Kier molecular flexibility index (Phi) is 6.46. The number of hydrogen-bond acceptors (Lipinski definition) is 4. The van der Waals surface area contributed by atoms with Crippen molar-refractivity contribution < 1.29 is 19.5 Å². The molecular weight excluding hydrogens is 316 g/mol. The first-order chi connectivity index (χ1) is 11.1. The largest absolute Gasteiger partial charge is 0.481 e. The van der Waals surface area contributed by atoms with Gasteiger partial charge in [0.15, 0.2) is 0 Å². The van der Waals surface area contributed by atoms with Gasteiger partial charge in [-0.2, -0.15) is 11.8 Å². The Morgan fingerprint density at radius 2 is 2.00 bits per heavy atom. The van der Waals surface area contributed by atoms with Crippen molar-refractivity contribution >= 4 is 29.5 Å². The van der Waals surface area contributed by atoms with Crippen molar-refractivity contribution in [2.45, 2.75) is 18.9 Å². The van der Waals surface area contributed by atoms with Crippen LogP contribution in [0, 0.1) is 0 Å². The quantitative estimate of drug-likeness (QED) is 0.801. The van der Waals surface area contributed by atoms with Crippen LogP contribution in [0.5, 0.6) is 0 Å². The third-order valence-electron chi connectivity index (χ3n) is 3.60. The van der Waals surface area contributed by atoms with Crippen LogP contribution >= 0.6 is 11.8 Å². The van der Waals surface area contributed by atoms with Gasteiger partial charge >= 0.3 is 5.97 Å². The maximum atomic E-state index is 12.3. The van der Waals surface area contributed by atoms with Crippen molar-refractivity contribution in [2.75, 3.05) is 24.6 Å². The van der Waals surface area contributed by atoms with Crippen molar-refractivity contribution in [2.24, 2.45) is 0 Å². The van der Waals surface area contributed by atoms with E-state index in [-0.39, 0.29) is 37.2 Å². The predicted molar refractivity (Wildman–Crippen MR) is 88.2 cm³/mol. The van der Waals surface area contributed by atoms with Gasteiger partial charge in [0.2, 0.25) is 11.8 Å². The first-order valence-corrected chi connectivity index (χ1v) is 8.61. The number of carbonyl (C=O) groups excluding carboxylic acids is 2. The molecule has 2 amide bonds. The zero-order valence-corrected chi connectivity index (χ0v) is 13.6. The SMILES string of the molecule is O=C(O)CC1CSCCN1C(=O)CNC(=O)Cc1ccccc1. The average molecular weight is 336 g/mol. The zero-order chi connectivity index (χ0) is 16.7. The number of carbonyl (C=O) groups is 3. The molecule has 124 valence electrons. The molecule has 23 heavy (non-hydrogen) atoms.